The molecule has 0 saturated carbocycles. The number of nitrogens with zero attached hydrogens (tertiary/aromatic N) is 1. The monoisotopic (exact) mass is 263 g/mol. The molecule has 1 aromatic carbocycles. The second kappa shape index (κ2) is 6.57. The van der Waals surface area contributed by atoms with Crippen molar-refractivity contribution in [1.29, 1.82) is 0 Å². The summed E-state index contributed by atoms with van der Waals surface area (Å²) in [4.78, 5) is 14.3. The fraction of sp³-hybridized carbons (Fsp3) is 0.533. The van der Waals surface area contributed by atoms with Gasteiger partial charge in [0.1, 0.15) is 11.9 Å². The first-order valence-corrected chi connectivity index (χ1v) is 6.76. The fourth-order valence-corrected chi connectivity index (χ4v) is 2.37. The van der Waals surface area contributed by atoms with Crippen molar-refractivity contribution in [3.8, 4) is 5.75 Å². The van der Waals surface area contributed by atoms with E-state index in [9.17, 15) is 4.79 Å². The number of ether oxygens (including phenoxy) is 2. The van der Waals surface area contributed by atoms with Gasteiger partial charge < -0.3 is 9.47 Å². The molecule has 0 bridgehead atoms. The van der Waals surface area contributed by atoms with Crippen LogP contribution in [-0.2, 0) is 4.74 Å². The van der Waals surface area contributed by atoms with Crippen molar-refractivity contribution in [2.75, 3.05) is 26.7 Å². The molecule has 1 aliphatic heterocycles. The zero-order valence-electron chi connectivity index (χ0n) is 11.6. The molecule has 4 heteroatoms. The Morgan fingerprint density at radius 1 is 1.37 bits per heavy atom. The second-order valence-electron chi connectivity index (χ2n) is 4.96. The van der Waals surface area contributed by atoms with Crippen molar-refractivity contribution in [3.63, 3.8) is 0 Å². The SMILES string of the molecule is COc1cccc(C(=O)O[C@H](C)CN2CCCC2)c1. The van der Waals surface area contributed by atoms with Gasteiger partial charge in [0.2, 0.25) is 0 Å². The lowest BCUT2D eigenvalue weighted by Crippen LogP contribution is -2.31. The Bertz CT molecular complexity index is 427. The Balaban J connectivity index is 1.88. The summed E-state index contributed by atoms with van der Waals surface area (Å²) in [5.74, 6) is 0.382. The minimum atomic E-state index is -0.286. The summed E-state index contributed by atoms with van der Waals surface area (Å²) in [5.41, 5.74) is 0.535. The van der Waals surface area contributed by atoms with Gasteiger partial charge in [0, 0.05) is 6.54 Å². The van der Waals surface area contributed by atoms with Crippen LogP contribution in [0.1, 0.15) is 30.1 Å². The third kappa shape index (κ3) is 3.96. The maximum atomic E-state index is 12.0. The molecule has 0 spiro atoms. The number of esters is 1. The maximum Gasteiger partial charge on any atom is 0.338 e. The zero-order valence-corrected chi connectivity index (χ0v) is 11.6. The smallest absolute Gasteiger partial charge is 0.338 e. The minimum Gasteiger partial charge on any atom is -0.497 e. The summed E-state index contributed by atoms with van der Waals surface area (Å²) in [7, 11) is 1.58. The number of hydrogen-bond donors (Lipinski definition) is 0. The van der Waals surface area contributed by atoms with Gasteiger partial charge in [0.05, 0.1) is 12.7 Å². The van der Waals surface area contributed by atoms with Gasteiger partial charge in [-0.3, -0.25) is 4.90 Å². The molecule has 0 radical (unpaired) electrons. The van der Waals surface area contributed by atoms with Crippen LogP contribution >= 0.6 is 0 Å². The Hall–Kier alpha value is -1.55. The summed E-state index contributed by atoms with van der Waals surface area (Å²) >= 11 is 0. The van der Waals surface area contributed by atoms with Crippen molar-refractivity contribution >= 4 is 5.97 Å². The number of hydrogen-bond acceptors (Lipinski definition) is 4. The number of rotatable bonds is 5. The molecule has 1 heterocycles. The number of carbonyl (C=O) groups excluding carboxylic acids is 1. The largest absolute Gasteiger partial charge is 0.497 e. The summed E-state index contributed by atoms with van der Waals surface area (Å²) in [5, 5.41) is 0. The molecule has 1 aromatic rings. The number of benzene rings is 1. The lowest BCUT2D eigenvalue weighted by molar-refractivity contribution is 0.0271. The molecule has 0 unspecified atom stereocenters. The highest BCUT2D eigenvalue weighted by Gasteiger charge is 2.18. The second-order valence-corrected chi connectivity index (χ2v) is 4.96. The van der Waals surface area contributed by atoms with Crippen LogP contribution in [0, 0.1) is 0 Å². The van der Waals surface area contributed by atoms with Gasteiger partial charge in [-0.05, 0) is 51.1 Å². The van der Waals surface area contributed by atoms with Crippen LogP contribution in [0.25, 0.3) is 0 Å². The summed E-state index contributed by atoms with van der Waals surface area (Å²) < 4.78 is 10.6. The van der Waals surface area contributed by atoms with Gasteiger partial charge in [-0.25, -0.2) is 4.79 Å². The quantitative estimate of drug-likeness (QED) is 0.764. The van der Waals surface area contributed by atoms with Crippen LogP contribution < -0.4 is 4.74 Å². The van der Waals surface area contributed by atoms with Crippen molar-refractivity contribution in [3.05, 3.63) is 29.8 Å². The normalized spacial score (nSPS) is 17.2. The van der Waals surface area contributed by atoms with Gasteiger partial charge in [-0.2, -0.15) is 0 Å². The van der Waals surface area contributed by atoms with Crippen LogP contribution in [0.5, 0.6) is 5.75 Å². The molecule has 0 aliphatic carbocycles. The van der Waals surface area contributed by atoms with Crippen LogP contribution in [-0.4, -0.2) is 43.7 Å². The highest BCUT2D eigenvalue weighted by Crippen LogP contribution is 2.15. The zero-order chi connectivity index (χ0) is 13.7. The lowest BCUT2D eigenvalue weighted by Gasteiger charge is -2.20. The predicted octanol–water partition coefficient (Wildman–Crippen LogP) is 2.34. The van der Waals surface area contributed by atoms with Gasteiger partial charge >= 0.3 is 5.97 Å². The first-order chi connectivity index (χ1) is 9.19. The summed E-state index contributed by atoms with van der Waals surface area (Å²) in [6, 6.07) is 7.04. The Labute approximate surface area is 114 Å². The van der Waals surface area contributed by atoms with E-state index in [0.717, 1.165) is 19.6 Å². The van der Waals surface area contributed by atoms with Crippen molar-refractivity contribution in [2.24, 2.45) is 0 Å². The van der Waals surface area contributed by atoms with Crippen molar-refractivity contribution in [2.45, 2.75) is 25.9 Å². The van der Waals surface area contributed by atoms with E-state index < -0.39 is 0 Å². The molecule has 1 fully saturated rings. The molecular formula is C15H21NO3. The highest BCUT2D eigenvalue weighted by atomic mass is 16.5. The predicted molar refractivity (Wildman–Crippen MR) is 73.5 cm³/mol. The Kier molecular flexibility index (Phi) is 4.80. The number of carbonyl (C=O) groups is 1. The van der Waals surface area contributed by atoms with Crippen molar-refractivity contribution < 1.29 is 14.3 Å². The summed E-state index contributed by atoms with van der Waals surface area (Å²) in [6.45, 7) is 4.98. The van der Waals surface area contributed by atoms with Crippen LogP contribution in [0.4, 0.5) is 0 Å². The maximum absolute atomic E-state index is 12.0. The number of likely N-dealkylation sites (tertiary alicyclic amines) is 1. The molecule has 2 rings (SSSR count). The van der Waals surface area contributed by atoms with Crippen LogP contribution in [0.2, 0.25) is 0 Å². The topological polar surface area (TPSA) is 38.8 Å². The van der Waals surface area contributed by atoms with Gasteiger partial charge in [0.25, 0.3) is 0 Å². The molecular weight excluding hydrogens is 242 g/mol. The summed E-state index contributed by atoms with van der Waals surface area (Å²) in [6.07, 6.45) is 2.41. The first kappa shape index (κ1) is 13.9. The highest BCUT2D eigenvalue weighted by molar-refractivity contribution is 5.89. The molecule has 0 amide bonds. The molecule has 1 aliphatic rings. The molecule has 104 valence electrons. The van der Waals surface area contributed by atoms with Crippen molar-refractivity contribution in [1.82, 2.24) is 4.90 Å². The van der Waals surface area contributed by atoms with Gasteiger partial charge in [0.15, 0.2) is 0 Å². The van der Waals surface area contributed by atoms with E-state index in [1.54, 1.807) is 25.3 Å². The number of methoxy groups -OCH3 is 1. The molecule has 1 atom stereocenters. The van der Waals surface area contributed by atoms with E-state index in [1.807, 2.05) is 13.0 Å². The minimum absolute atomic E-state index is 0.0863. The van der Waals surface area contributed by atoms with Gasteiger partial charge in [-0.1, -0.05) is 6.07 Å². The third-order valence-electron chi connectivity index (χ3n) is 3.33. The molecule has 0 N–H and O–H groups in total. The van der Waals surface area contributed by atoms with E-state index in [-0.39, 0.29) is 12.1 Å². The van der Waals surface area contributed by atoms with E-state index >= 15 is 0 Å². The molecule has 1 saturated heterocycles. The van der Waals surface area contributed by atoms with E-state index in [1.165, 1.54) is 12.8 Å². The Morgan fingerprint density at radius 2 is 2.11 bits per heavy atom. The molecule has 19 heavy (non-hydrogen) atoms. The van der Waals surface area contributed by atoms with E-state index in [0.29, 0.717) is 11.3 Å². The Morgan fingerprint density at radius 3 is 2.79 bits per heavy atom. The standard InChI is InChI=1S/C15H21NO3/c1-12(11-16-8-3-4-9-16)19-15(17)13-6-5-7-14(10-13)18-2/h5-7,10,12H,3-4,8-9,11H2,1-2H3/t12-/m1/s1. The average molecular weight is 263 g/mol. The average Bonchev–Trinajstić information content (AvgIpc) is 2.91. The van der Waals surface area contributed by atoms with E-state index in [4.69, 9.17) is 9.47 Å². The first-order valence-electron chi connectivity index (χ1n) is 6.76. The lowest BCUT2D eigenvalue weighted by atomic mass is 10.2. The third-order valence-corrected chi connectivity index (χ3v) is 3.33. The molecule has 4 nitrogen and oxygen atoms in total. The molecule has 0 aromatic heterocycles. The fourth-order valence-electron chi connectivity index (χ4n) is 2.37. The van der Waals surface area contributed by atoms with Gasteiger partial charge in [-0.15, -0.1) is 0 Å². The van der Waals surface area contributed by atoms with Crippen LogP contribution in [0.3, 0.4) is 0 Å². The van der Waals surface area contributed by atoms with Crippen LogP contribution in [0.15, 0.2) is 24.3 Å². The van der Waals surface area contributed by atoms with E-state index in [2.05, 4.69) is 4.90 Å².